The van der Waals surface area contributed by atoms with E-state index in [1.165, 1.54) is 0 Å². The van der Waals surface area contributed by atoms with Gasteiger partial charge >= 0.3 is 5.76 Å². The summed E-state index contributed by atoms with van der Waals surface area (Å²) < 4.78 is 6.82. The summed E-state index contributed by atoms with van der Waals surface area (Å²) in [5.41, 5.74) is 2.43. The molecule has 0 amide bonds. The van der Waals surface area contributed by atoms with Crippen LogP contribution < -0.4 is 5.76 Å². The van der Waals surface area contributed by atoms with Gasteiger partial charge in [-0.1, -0.05) is 19.9 Å². The fourth-order valence-corrected chi connectivity index (χ4v) is 2.07. The molecule has 3 nitrogen and oxygen atoms in total. The topological polar surface area (TPSA) is 35.1 Å². The molecule has 92 valence electrons. The van der Waals surface area contributed by atoms with Gasteiger partial charge in [0, 0.05) is 6.54 Å². The predicted molar refractivity (Wildman–Crippen MR) is 69.6 cm³/mol. The molecule has 0 aliphatic carbocycles. The number of oxazole rings is 1. The Morgan fingerprint density at radius 1 is 1.41 bits per heavy atom. The maximum absolute atomic E-state index is 11.5. The Morgan fingerprint density at radius 2 is 2.12 bits per heavy atom. The molecule has 17 heavy (non-hydrogen) atoms. The molecule has 4 heteroatoms. The van der Waals surface area contributed by atoms with Crippen molar-refractivity contribution in [1.29, 1.82) is 0 Å². The predicted octanol–water partition coefficient (Wildman–Crippen LogP) is 3.55. The van der Waals surface area contributed by atoms with Gasteiger partial charge < -0.3 is 4.42 Å². The summed E-state index contributed by atoms with van der Waals surface area (Å²) in [6.07, 6.45) is 0. The molecule has 2 aromatic rings. The normalized spacial score (nSPS) is 13.5. The zero-order chi connectivity index (χ0) is 12.6. The summed E-state index contributed by atoms with van der Waals surface area (Å²) >= 11 is 6.30. The van der Waals surface area contributed by atoms with E-state index >= 15 is 0 Å². The van der Waals surface area contributed by atoms with E-state index in [1.54, 1.807) is 4.57 Å². The molecule has 1 unspecified atom stereocenters. The first-order valence-electron chi connectivity index (χ1n) is 5.82. The third-order valence-corrected chi connectivity index (χ3v) is 3.67. The number of rotatable bonds is 3. The zero-order valence-corrected chi connectivity index (χ0v) is 11.0. The van der Waals surface area contributed by atoms with E-state index in [0.29, 0.717) is 18.0 Å². The van der Waals surface area contributed by atoms with Crippen molar-refractivity contribution in [2.24, 2.45) is 5.92 Å². The van der Waals surface area contributed by atoms with Crippen LogP contribution in [0.3, 0.4) is 0 Å². The summed E-state index contributed by atoms with van der Waals surface area (Å²) in [5, 5.41) is -0.0605. The van der Waals surface area contributed by atoms with Gasteiger partial charge in [0.1, 0.15) is 0 Å². The first-order chi connectivity index (χ1) is 8.04. The Labute approximate surface area is 105 Å². The molecule has 0 aliphatic heterocycles. The van der Waals surface area contributed by atoms with Gasteiger partial charge in [-0.15, -0.1) is 11.6 Å². The number of hydrogen-bond donors (Lipinski definition) is 0. The van der Waals surface area contributed by atoms with Crippen LogP contribution in [-0.4, -0.2) is 4.57 Å². The molecule has 0 spiro atoms. The third-order valence-electron chi connectivity index (χ3n) is 2.91. The van der Waals surface area contributed by atoms with E-state index < -0.39 is 0 Å². The number of benzene rings is 1. The summed E-state index contributed by atoms with van der Waals surface area (Å²) in [6, 6.07) is 5.72. The van der Waals surface area contributed by atoms with Crippen LogP contribution in [0.2, 0.25) is 0 Å². The van der Waals surface area contributed by atoms with Crippen LogP contribution >= 0.6 is 11.6 Å². The minimum absolute atomic E-state index is 0.0605. The number of halogens is 1. The molecule has 2 rings (SSSR count). The van der Waals surface area contributed by atoms with Crippen molar-refractivity contribution in [3.63, 3.8) is 0 Å². The second kappa shape index (κ2) is 4.57. The second-order valence-corrected chi connectivity index (χ2v) is 4.96. The lowest BCUT2D eigenvalue weighted by Gasteiger charge is -2.13. The van der Waals surface area contributed by atoms with Crippen LogP contribution in [-0.2, 0) is 6.54 Å². The molecule has 0 N–H and O–H groups in total. The van der Waals surface area contributed by atoms with Crippen LogP contribution in [0.4, 0.5) is 0 Å². The Hall–Kier alpha value is -1.22. The average molecular weight is 254 g/mol. The zero-order valence-electron chi connectivity index (χ0n) is 10.2. The average Bonchev–Trinajstić information content (AvgIpc) is 2.61. The van der Waals surface area contributed by atoms with Crippen molar-refractivity contribution >= 4 is 22.7 Å². The number of fused-ring (bicyclic) bond motifs is 1. The molecular weight excluding hydrogens is 238 g/mol. The van der Waals surface area contributed by atoms with E-state index in [2.05, 4.69) is 13.8 Å². The molecule has 0 bridgehead atoms. The minimum atomic E-state index is -0.310. The van der Waals surface area contributed by atoms with Gasteiger partial charge in [0.25, 0.3) is 0 Å². The highest BCUT2D eigenvalue weighted by Gasteiger charge is 2.15. The molecule has 0 radical (unpaired) electrons. The van der Waals surface area contributed by atoms with Gasteiger partial charge in [-0.05, 0) is 30.5 Å². The van der Waals surface area contributed by atoms with E-state index in [1.807, 2.05) is 25.1 Å². The van der Waals surface area contributed by atoms with E-state index in [-0.39, 0.29) is 11.1 Å². The Kier molecular flexibility index (Phi) is 3.29. The second-order valence-electron chi connectivity index (χ2n) is 4.49. The SMILES string of the molecule is CCn1c(=O)oc2cc(C(Cl)C(C)C)ccc21. The molecule has 1 heterocycles. The number of hydrogen-bond acceptors (Lipinski definition) is 2. The van der Waals surface area contributed by atoms with Crippen molar-refractivity contribution in [3.8, 4) is 0 Å². The van der Waals surface area contributed by atoms with Crippen LogP contribution in [0.1, 0.15) is 31.7 Å². The van der Waals surface area contributed by atoms with Crippen molar-refractivity contribution in [3.05, 3.63) is 34.3 Å². The number of nitrogens with zero attached hydrogens (tertiary/aromatic N) is 1. The van der Waals surface area contributed by atoms with Crippen molar-refractivity contribution in [1.82, 2.24) is 4.57 Å². The molecule has 0 saturated carbocycles. The van der Waals surface area contributed by atoms with Crippen LogP contribution in [0.5, 0.6) is 0 Å². The van der Waals surface area contributed by atoms with Gasteiger partial charge in [0.2, 0.25) is 0 Å². The molecule has 0 aliphatic rings. The maximum Gasteiger partial charge on any atom is 0.419 e. The molecule has 1 aromatic carbocycles. The maximum atomic E-state index is 11.5. The van der Waals surface area contributed by atoms with Gasteiger partial charge in [-0.2, -0.15) is 0 Å². The standard InChI is InChI=1S/C13H16ClNO2/c1-4-15-10-6-5-9(12(14)8(2)3)7-11(10)17-13(15)16/h5-8,12H,4H2,1-3H3. The number of alkyl halides is 1. The quantitative estimate of drug-likeness (QED) is 0.784. The third kappa shape index (κ3) is 2.12. The van der Waals surface area contributed by atoms with Crippen molar-refractivity contribution in [2.45, 2.75) is 32.7 Å². The Balaban J connectivity index is 2.56. The molecule has 0 fully saturated rings. The lowest BCUT2D eigenvalue weighted by Crippen LogP contribution is -2.11. The summed E-state index contributed by atoms with van der Waals surface area (Å²) in [5.74, 6) is 0.0319. The Morgan fingerprint density at radius 3 is 2.71 bits per heavy atom. The van der Waals surface area contributed by atoms with Crippen molar-refractivity contribution in [2.75, 3.05) is 0 Å². The molecule has 1 aromatic heterocycles. The number of aromatic nitrogens is 1. The van der Waals surface area contributed by atoms with Gasteiger partial charge in [-0.3, -0.25) is 4.57 Å². The fraction of sp³-hybridized carbons (Fsp3) is 0.462. The smallest absolute Gasteiger partial charge is 0.408 e. The highest BCUT2D eigenvalue weighted by Crippen LogP contribution is 2.30. The van der Waals surface area contributed by atoms with Crippen molar-refractivity contribution < 1.29 is 4.42 Å². The van der Waals surface area contributed by atoms with Crippen LogP contribution in [0, 0.1) is 5.92 Å². The van der Waals surface area contributed by atoms with E-state index in [4.69, 9.17) is 16.0 Å². The van der Waals surface area contributed by atoms with Gasteiger partial charge in [0.05, 0.1) is 10.9 Å². The first kappa shape index (κ1) is 12.2. The first-order valence-corrected chi connectivity index (χ1v) is 6.25. The summed E-state index contributed by atoms with van der Waals surface area (Å²) in [6.45, 7) is 6.66. The molecule has 1 atom stereocenters. The minimum Gasteiger partial charge on any atom is -0.408 e. The summed E-state index contributed by atoms with van der Waals surface area (Å²) in [7, 11) is 0. The van der Waals surface area contributed by atoms with Gasteiger partial charge in [0.15, 0.2) is 5.58 Å². The largest absolute Gasteiger partial charge is 0.419 e. The number of aryl methyl sites for hydroxylation is 1. The molecular formula is C13H16ClNO2. The van der Waals surface area contributed by atoms with E-state index in [9.17, 15) is 4.79 Å². The van der Waals surface area contributed by atoms with E-state index in [0.717, 1.165) is 11.1 Å². The van der Waals surface area contributed by atoms with Crippen LogP contribution in [0.15, 0.2) is 27.4 Å². The lowest BCUT2D eigenvalue weighted by atomic mass is 10.0. The molecule has 0 saturated heterocycles. The highest BCUT2D eigenvalue weighted by molar-refractivity contribution is 6.21. The Bertz CT molecular complexity index is 583. The summed E-state index contributed by atoms with van der Waals surface area (Å²) in [4.78, 5) is 11.5. The lowest BCUT2D eigenvalue weighted by molar-refractivity contribution is 0.512. The fourth-order valence-electron chi connectivity index (χ4n) is 1.94. The van der Waals surface area contributed by atoms with Crippen LogP contribution in [0.25, 0.3) is 11.1 Å². The monoisotopic (exact) mass is 253 g/mol. The van der Waals surface area contributed by atoms with Gasteiger partial charge in [-0.25, -0.2) is 4.79 Å². The highest BCUT2D eigenvalue weighted by atomic mass is 35.5.